The van der Waals surface area contributed by atoms with Crippen LogP contribution in [-0.4, -0.2) is 132 Å². The van der Waals surface area contributed by atoms with Gasteiger partial charge in [-0.2, -0.15) is 0 Å². The molecule has 31 heavy (non-hydrogen) atoms. The highest BCUT2D eigenvalue weighted by molar-refractivity contribution is 5.86. The Hall–Kier alpha value is -1.30. The summed E-state index contributed by atoms with van der Waals surface area (Å²) in [5, 5.41) is 90.3. The number of Topliss-reactive ketones (excluding diaryl/α,β-unsaturated/α-hetero) is 1. The zero-order valence-corrected chi connectivity index (χ0v) is 17.0. The fourth-order valence-corrected chi connectivity index (χ4v) is 2.98. The molecule has 0 aromatic heterocycles. The molecular weight excluding hydrogens is 426 g/mol. The van der Waals surface area contributed by atoms with Gasteiger partial charge in [-0.25, -0.2) is 0 Å². The molecule has 1 fully saturated rings. The first-order chi connectivity index (χ1) is 14.3. The van der Waals surface area contributed by atoms with Crippen molar-refractivity contribution >= 4 is 11.8 Å². The van der Waals surface area contributed by atoms with Gasteiger partial charge in [0, 0.05) is 0 Å². The number of carbonyl (C=O) groups is 2. The summed E-state index contributed by atoms with van der Waals surface area (Å²) in [7, 11) is 0. The summed E-state index contributed by atoms with van der Waals surface area (Å²) in [6, 6.07) is -1.15. The minimum atomic E-state index is -3.21. The van der Waals surface area contributed by atoms with Gasteiger partial charge >= 0.3 is 11.9 Å². The van der Waals surface area contributed by atoms with Crippen molar-refractivity contribution < 1.29 is 65.0 Å². The summed E-state index contributed by atoms with van der Waals surface area (Å²) < 4.78 is 9.80. The monoisotopic (exact) mass is 457 g/mol. The van der Waals surface area contributed by atoms with Crippen LogP contribution < -0.4 is 5.32 Å². The molecule has 14 heteroatoms. The topological polar surface area (TPSA) is 247 Å². The Morgan fingerprint density at radius 2 is 1.71 bits per heavy atom. The predicted molar refractivity (Wildman–Crippen MR) is 98.2 cm³/mol. The van der Waals surface area contributed by atoms with Crippen LogP contribution in [0.1, 0.15) is 13.8 Å². The van der Waals surface area contributed by atoms with Crippen LogP contribution in [0.5, 0.6) is 0 Å². The highest BCUT2D eigenvalue weighted by Gasteiger charge is 2.56. The predicted octanol–water partition coefficient (Wildman–Crippen LogP) is -5.53. The lowest BCUT2D eigenvalue weighted by Crippen LogP contribution is -2.68. The molecule has 0 unspecified atom stereocenters. The van der Waals surface area contributed by atoms with Gasteiger partial charge < -0.3 is 55.4 Å². The maximum absolute atomic E-state index is 12.3. The molecule has 1 heterocycles. The van der Waals surface area contributed by atoms with Crippen LogP contribution in [0.4, 0.5) is 0 Å². The lowest BCUT2D eigenvalue weighted by Gasteiger charge is -2.46. The zero-order valence-electron chi connectivity index (χ0n) is 17.0. The number of carbonyl (C=O) groups excluding carboxylic acids is 1. The smallest absolute Gasteiger partial charge is 0.320 e. The number of ketones is 1. The van der Waals surface area contributed by atoms with E-state index in [1.807, 2.05) is 0 Å². The van der Waals surface area contributed by atoms with Crippen LogP contribution in [-0.2, 0) is 19.1 Å². The van der Waals surface area contributed by atoms with E-state index < -0.39 is 92.2 Å². The van der Waals surface area contributed by atoms with Crippen LogP contribution in [0.2, 0.25) is 0 Å². The van der Waals surface area contributed by atoms with Gasteiger partial charge in [-0.3, -0.25) is 14.9 Å². The number of hydrogen-bond donors (Lipinski definition) is 10. The van der Waals surface area contributed by atoms with E-state index in [9.17, 15) is 50.4 Å². The van der Waals surface area contributed by atoms with Crippen molar-refractivity contribution in [1.29, 1.82) is 0 Å². The van der Waals surface area contributed by atoms with E-state index in [0.29, 0.717) is 0 Å². The third-order valence-electron chi connectivity index (χ3n) is 4.87. The third kappa shape index (κ3) is 6.59. The molecule has 182 valence electrons. The Bertz CT molecular complexity index is 603. The number of ether oxygens (including phenoxy) is 2. The molecule has 0 spiro atoms. The van der Waals surface area contributed by atoms with Crippen molar-refractivity contribution in [3.8, 4) is 0 Å². The molecule has 0 aromatic rings. The molecule has 0 amide bonds. The Morgan fingerprint density at radius 1 is 1.13 bits per heavy atom. The molecule has 0 bridgehead atoms. The molecular formula is C17H31NO13. The van der Waals surface area contributed by atoms with Crippen molar-refractivity contribution in [2.75, 3.05) is 19.8 Å². The number of carboxylic acid groups (broad SMARTS) is 1. The highest BCUT2D eigenvalue weighted by atomic mass is 16.8. The molecule has 1 aliphatic rings. The van der Waals surface area contributed by atoms with Gasteiger partial charge in [0.05, 0.1) is 19.8 Å². The highest BCUT2D eigenvalue weighted by Crippen LogP contribution is 2.31. The van der Waals surface area contributed by atoms with E-state index >= 15 is 0 Å². The second kappa shape index (κ2) is 11.5. The number of nitrogens with one attached hydrogen (secondary N) is 1. The van der Waals surface area contributed by atoms with E-state index in [1.54, 1.807) is 13.8 Å². The number of aliphatic hydroxyl groups is 8. The number of aliphatic hydroxyl groups excluding tert-OH is 7. The summed E-state index contributed by atoms with van der Waals surface area (Å²) in [4.78, 5) is 23.5. The van der Waals surface area contributed by atoms with E-state index in [-0.39, 0.29) is 0 Å². The molecule has 1 rings (SSSR count). The molecule has 9 atom stereocenters. The van der Waals surface area contributed by atoms with Crippen LogP contribution in [0.25, 0.3) is 0 Å². The third-order valence-corrected chi connectivity index (χ3v) is 4.87. The van der Waals surface area contributed by atoms with E-state index in [0.717, 1.165) is 0 Å². The minimum Gasteiger partial charge on any atom is -0.480 e. The minimum absolute atomic E-state index is 0.424. The second-order valence-electron chi connectivity index (χ2n) is 7.58. The van der Waals surface area contributed by atoms with Gasteiger partial charge in [-0.1, -0.05) is 13.8 Å². The summed E-state index contributed by atoms with van der Waals surface area (Å²) in [6.45, 7) is 0.441. The SMILES string of the molecule is CC(C)[C@H](NCC(=O)[C@@H](O)[C@H](O[C@@]1(O)O[C@H](CO)[C@H](O)[C@H](O)[C@H]1O)[C@H](O)CO)C(=O)O. The lowest BCUT2D eigenvalue weighted by atomic mass is 9.97. The first-order valence-corrected chi connectivity index (χ1v) is 9.49. The summed E-state index contributed by atoms with van der Waals surface area (Å²) in [5.41, 5.74) is 0. The maximum atomic E-state index is 12.3. The van der Waals surface area contributed by atoms with Crippen molar-refractivity contribution in [1.82, 2.24) is 5.32 Å². The van der Waals surface area contributed by atoms with E-state index in [2.05, 4.69) is 5.32 Å². The fourth-order valence-electron chi connectivity index (χ4n) is 2.98. The standard InChI is InChI=1S/C17H31NO13/c1-6(2)10(16(27)28)18-3-7(21)11(23)14(8(22)4-19)31-17(29)15(26)13(25)12(24)9(5-20)30-17/h6,8-15,18-20,22-26,29H,3-5H2,1-2H3,(H,27,28)/t8-,9-,10+,11-,12+,13+,14-,15-,17+/m1/s1. The van der Waals surface area contributed by atoms with Gasteiger partial charge in [0.15, 0.2) is 11.9 Å². The average Bonchev–Trinajstić information content (AvgIpc) is 2.71. The van der Waals surface area contributed by atoms with Crippen molar-refractivity contribution in [2.24, 2.45) is 5.92 Å². The summed E-state index contributed by atoms with van der Waals surface area (Å²) >= 11 is 0. The molecule has 1 aliphatic heterocycles. The molecule has 1 saturated heterocycles. The number of carboxylic acids is 1. The van der Waals surface area contributed by atoms with Crippen molar-refractivity contribution in [3.05, 3.63) is 0 Å². The first-order valence-electron chi connectivity index (χ1n) is 9.49. The zero-order chi connectivity index (χ0) is 24.1. The molecule has 0 aromatic carbocycles. The molecule has 0 saturated carbocycles. The van der Waals surface area contributed by atoms with Gasteiger partial charge in [-0.15, -0.1) is 0 Å². The summed E-state index contributed by atoms with van der Waals surface area (Å²) in [6.07, 6.45) is -14.3. The maximum Gasteiger partial charge on any atom is 0.320 e. The molecule has 0 aliphatic carbocycles. The Kier molecular flexibility index (Phi) is 10.3. The lowest BCUT2D eigenvalue weighted by molar-refractivity contribution is -0.464. The van der Waals surface area contributed by atoms with Crippen molar-refractivity contribution in [3.63, 3.8) is 0 Å². The molecule has 14 nitrogen and oxygen atoms in total. The number of aliphatic carboxylic acids is 1. The fraction of sp³-hybridized carbons (Fsp3) is 0.882. The normalized spacial score (nSPS) is 33.0. The Morgan fingerprint density at radius 3 is 2.16 bits per heavy atom. The van der Waals surface area contributed by atoms with Crippen LogP contribution in [0.3, 0.4) is 0 Å². The van der Waals surface area contributed by atoms with Gasteiger partial charge in [-0.05, 0) is 5.92 Å². The van der Waals surface area contributed by atoms with Crippen LogP contribution in [0, 0.1) is 5.92 Å². The van der Waals surface area contributed by atoms with Crippen molar-refractivity contribution in [2.45, 2.75) is 68.6 Å². The summed E-state index contributed by atoms with van der Waals surface area (Å²) in [5.74, 6) is -5.98. The number of hydrogen-bond acceptors (Lipinski definition) is 13. The van der Waals surface area contributed by atoms with Gasteiger partial charge in [0.25, 0.3) is 0 Å². The van der Waals surface area contributed by atoms with E-state index in [4.69, 9.17) is 14.6 Å². The second-order valence-corrected chi connectivity index (χ2v) is 7.58. The average molecular weight is 457 g/mol. The Balaban J connectivity index is 3.02. The van der Waals surface area contributed by atoms with Crippen LogP contribution in [0.15, 0.2) is 0 Å². The molecule has 0 radical (unpaired) electrons. The largest absolute Gasteiger partial charge is 0.480 e. The van der Waals surface area contributed by atoms with Crippen LogP contribution >= 0.6 is 0 Å². The van der Waals surface area contributed by atoms with Gasteiger partial charge in [0.2, 0.25) is 0 Å². The van der Waals surface area contributed by atoms with E-state index in [1.165, 1.54) is 0 Å². The quantitative estimate of drug-likeness (QED) is 0.123. The Labute approximate surface area is 177 Å². The van der Waals surface area contributed by atoms with Gasteiger partial charge in [0.1, 0.15) is 42.7 Å². The first kappa shape index (κ1) is 27.7. The molecule has 10 N–H and O–H groups in total. The number of rotatable bonds is 12.